The van der Waals surface area contributed by atoms with Crippen molar-refractivity contribution in [1.29, 1.82) is 5.26 Å². The van der Waals surface area contributed by atoms with Crippen molar-refractivity contribution in [2.24, 2.45) is 5.92 Å². The summed E-state index contributed by atoms with van der Waals surface area (Å²) in [6.45, 7) is 9.06. The van der Waals surface area contributed by atoms with Gasteiger partial charge in [-0.25, -0.2) is 0 Å². The van der Waals surface area contributed by atoms with Gasteiger partial charge < -0.3 is 15.0 Å². The lowest BCUT2D eigenvalue weighted by atomic mass is 9.93. The first-order valence-electron chi connectivity index (χ1n) is 6.42. The van der Waals surface area contributed by atoms with Gasteiger partial charge in [-0.1, -0.05) is 5.57 Å². The monoisotopic (exact) mass is 235 g/mol. The van der Waals surface area contributed by atoms with Crippen LogP contribution in [0.25, 0.3) is 0 Å². The van der Waals surface area contributed by atoms with Crippen molar-refractivity contribution in [3.8, 4) is 6.07 Å². The second-order valence-corrected chi connectivity index (χ2v) is 4.88. The SMILES string of the molecule is CC(CCN1CCNCC1)=C(C#N)C1COC1. The third kappa shape index (κ3) is 3.29. The molecular weight excluding hydrogens is 214 g/mol. The van der Waals surface area contributed by atoms with Crippen LogP contribution in [0.15, 0.2) is 11.1 Å². The van der Waals surface area contributed by atoms with Crippen LogP contribution in [0.3, 0.4) is 0 Å². The molecule has 2 fully saturated rings. The number of nitriles is 1. The molecule has 94 valence electrons. The van der Waals surface area contributed by atoms with Crippen molar-refractivity contribution < 1.29 is 4.74 Å². The summed E-state index contributed by atoms with van der Waals surface area (Å²) >= 11 is 0. The van der Waals surface area contributed by atoms with Gasteiger partial charge in [0.1, 0.15) is 0 Å². The van der Waals surface area contributed by atoms with Crippen molar-refractivity contribution in [3.63, 3.8) is 0 Å². The van der Waals surface area contributed by atoms with Gasteiger partial charge in [0.25, 0.3) is 0 Å². The Balaban J connectivity index is 1.83. The quantitative estimate of drug-likeness (QED) is 0.731. The summed E-state index contributed by atoms with van der Waals surface area (Å²) in [4.78, 5) is 2.46. The Morgan fingerprint density at radius 1 is 1.41 bits per heavy atom. The van der Waals surface area contributed by atoms with Gasteiger partial charge in [0.15, 0.2) is 0 Å². The molecule has 2 aliphatic rings. The fourth-order valence-corrected chi connectivity index (χ4v) is 2.33. The van der Waals surface area contributed by atoms with Gasteiger partial charge >= 0.3 is 0 Å². The maximum atomic E-state index is 9.18. The van der Waals surface area contributed by atoms with Crippen LogP contribution in [0.5, 0.6) is 0 Å². The first kappa shape index (κ1) is 12.6. The van der Waals surface area contributed by atoms with Gasteiger partial charge in [-0.15, -0.1) is 0 Å². The summed E-state index contributed by atoms with van der Waals surface area (Å²) < 4.78 is 5.16. The van der Waals surface area contributed by atoms with Gasteiger partial charge in [-0.05, 0) is 13.3 Å². The lowest BCUT2D eigenvalue weighted by Gasteiger charge is -2.29. The Hall–Kier alpha value is -0.890. The topological polar surface area (TPSA) is 48.3 Å². The minimum absolute atomic E-state index is 0.364. The molecule has 4 nitrogen and oxygen atoms in total. The number of hydrogen-bond donors (Lipinski definition) is 1. The average molecular weight is 235 g/mol. The van der Waals surface area contributed by atoms with Crippen LogP contribution in [-0.4, -0.2) is 50.8 Å². The molecular formula is C13H21N3O. The first-order valence-corrected chi connectivity index (χ1v) is 6.42. The summed E-state index contributed by atoms with van der Waals surface area (Å²) in [5.41, 5.74) is 2.21. The van der Waals surface area contributed by atoms with Crippen LogP contribution in [0, 0.1) is 17.2 Å². The van der Waals surface area contributed by atoms with E-state index in [1.165, 1.54) is 5.57 Å². The minimum atomic E-state index is 0.364. The second-order valence-electron chi connectivity index (χ2n) is 4.88. The Morgan fingerprint density at radius 2 is 2.12 bits per heavy atom. The summed E-state index contributed by atoms with van der Waals surface area (Å²) in [5, 5.41) is 12.5. The van der Waals surface area contributed by atoms with E-state index in [1.807, 2.05) is 0 Å². The average Bonchev–Trinajstić information content (AvgIpc) is 2.31. The number of nitrogens with one attached hydrogen (secondary N) is 1. The summed E-state index contributed by atoms with van der Waals surface area (Å²) in [7, 11) is 0. The van der Waals surface area contributed by atoms with E-state index in [0.717, 1.165) is 57.9 Å². The third-order valence-electron chi connectivity index (χ3n) is 3.64. The van der Waals surface area contributed by atoms with Gasteiger partial charge in [0.2, 0.25) is 0 Å². The van der Waals surface area contributed by atoms with E-state index < -0.39 is 0 Å². The fourth-order valence-electron chi connectivity index (χ4n) is 2.33. The molecule has 4 heteroatoms. The fraction of sp³-hybridized carbons (Fsp3) is 0.769. The van der Waals surface area contributed by atoms with E-state index >= 15 is 0 Å². The highest BCUT2D eigenvalue weighted by molar-refractivity contribution is 5.30. The zero-order chi connectivity index (χ0) is 12.1. The van der Waals surface area contributed by atoms with E-state index in [4.69, 9.17) is 4.74 Å². The molecule has 0 aromatic heterocycles. The summed E-state index contributed by atoms with van der Waals surface area (Å²) in [6, 6.07) is 2.36. The van der Waals surface area contributed by atoms with Gasteiger partial charge in [-0.2, -0.15) is 5.26 Å². The molecule has 0 unspecified atom stereocenters. The zero-order valence-corrected chi connectivity index (χ0v) is 10.5. The smallest absolute Gasteiger partial charge is 0.0951 e. The standard InChI is InChI=1S/C13H21N3O/c1-11(13(8-14)12-9-17-10-12)2-5-16-6-3-15-4-7-16/h12,15H,2-7,9-10H2,1H3. The van der Waals surface area contributed by atoms with Crippen LogP contribution in [0.1, 0.15) is 13.3 Å². The first-order chi connectivity index (χ1) is 8.31. The van der Waals surface area contributed by atoms with Crippen molar-refractivity contribution in [1.82, 2.24) is 10.2 Å². The van der Waals surface area contributed by atoms with Gasteiger partial charge in [0, 0.05) is 44.2 Å². The Morgan fingerprint density at radius 3 is 2.65 bits per heavy atom. The molecule has 2 heterocycles. The molecule has 17 heavy (non-hydrogen) atoms. The van der Waals surface area contributed by atoms with E-state index in [9.17, 15) is 5.26 Å². The molecule has 0 aromatic rings. The molecule has 0 spiro atoms. The largest absolute Gasteiger partial charge is 0.380 e. The number of ether oxygens (including phenoxy) is 1. The van der Waals surface area contributed by atoms with Crippen LogP contribution < -0.4 is 5.32 Å². The molecule has 0 atom stereocenters. The van der Waals surface area contributed by atoms with E-state index in [2.05, 4.69) is 23.2 Å². The third-order valence-corrected chi connectivity index (χ3v) is 3.64. The maximum absolute atomic E-state index is 9.18. The predicted molar refractivity (Wildman–Crippen MR) is 66.5 cm³/mol. The Kier molecular flexibility index (Phi) is 4.55. The highest BCUT2D eigenvalue weighted by Crippen LogP contribution is 2.24. The van der Waals surface area contributed by atoms with Crippen molar-refractivity contribution >= 4 is 0 Å². The zero-order valence-electron chi connectivity index (χ0n) is 10.5. The van der Waals surface area contributed by atoms with E-state index in [1.54, 1.807) is 0 Å². The van der Waals surface area contributed by atoms with Crippen molar-refractivity contribution in [2.75, 3.05) is 45.9 Å². The summed E-state index contributed by atoms with van der Waals surface area (Å²) in [6.07, 6.45) is 1.01. The van der Waals surface area contributed by atoms with Crippen LogP contribution in [-0.2, 0) is 4.74 Å². The van der Waals surface area contributed by atoms with E-state index in [0.29, 0.717) is 5.92 Å². The number of piperazine rings is 1. The number of rotatable bonds is 4. The molecule has 0 amide bonds. The molecule has 0 saturated carbocycles. The molecule has 0 aliphatic carbocycles. The minimum Gasteiger partial charge on any atom is -0.380 e. The second kappa shape index (κ2) is 6.15. The molecule has 2 rings (SSSR count). The van der Waals surface area contributed by atoms with Crippen molar-refractivity contribution in [2.45, 2.75) is 13.3 Å². The maximum Gasteiger partial charge on any atom is 0.0951 e. The molecule has 0 radical (unpaired) electrons. The Bertz CT molecular complexity index is 322. The molecule has 2 aliphatic heterocycles. The number of hydrogen-bond acceptors (Lipinski definition) is 4. The van der Waals surface area contributed by atoms with E-state index in [-0.39, 0.29) is 0 Å². The molecule has 2 saturated heterocycles. The normalized spacial score (nSPS) is 23.8. The molecule has 0 bridgehead atoms. The lowest BCUT2D eigenvalue weighted by molar-refractivity contribution is -0.0118. The summed E-state index contributed by atoms with van der Waals surface area (Å²) in [5.74, 6) is 0.364. The van der Waals surface area contributed by atoms with Crippen molar-refractivity contribution in [3.05, 3.63) is 11.1 Å². The molecule has 0 aromatic carbocycles. The number of nitrogens with zero attached hydrogens (tertiary/aromatic N) is 2. The van der Waals surface area contributed by atoms with Crippen LogP contribution in [0.4, 0.5) is 0 Å². The predicted octanol–water partition coefficient (Wildman–Crippen LogP) is 0.768. The van der Waals surface area contributed by atoms with Crippen LogP contribution >= 0.6 is 0 Å². The molecule has 1 N–H and O–H groups in total. The Labute approximate surface area is 103 Å². The highest BCUT2D eigenvalue weighted by atomic mass is 16.5. The van der Waals surface area contributed by atoms with Crippen LogP contribution in [0.2, 0.25) is 0 Å². The highest BCUT2D eigenvalue weighted by Gasteiger charge is 2.24. The lowest BCUT2D eigenvalue weighted by Crippen LogP contribution is -2.43. The van der Waals surface area contributed by atoms with Gasteiger partial charge in [0.05, 0.1) is 19.3 Å². The van der Waals surface area contributed by atoms with Gasteiger partial charge in [-0.3, -0.25) is 0 Å².